The first-order valence-corrected chi connectivity index (χ1v) is 7.60. The van der Waals surface area contributed by atoms with Crippen LogP contribution in [0.2, 0.25) is 0 Å². The van der Waals surface area contributed by atoms with Gasteiger partial charge in [0.15, 0.2) is 0 Å². The molecular weight excluding hydrogens is 230 g/mol. The number of hydrogen-bond donors (Lipinski definition) is 1. The largest absolute Gasteiger partial charge is 0.316 e. The molecule has 0 aliphatic heterocycles. The van der Waals surface area contributed by atoms with Gasteiger partial charge in [-0.15, -0.1) is 21.5 Å². The summed E-state index contributed by atoms with van der Waals surface area (Å²) in [6.45, 7) is 6.69. The smallest absolute Gasteiger partial charge is 0.120 e. The average Bonchev–Trinajstić information content (AvgIpc) is 2.63. The van der Waals surface area contributed by atoms with Crippen LogP contribution in [0.4, 0.5) is 0 Å². The second kappa shape index (κ2) is 6.45. The zero-order valence-electron chi connectivity index (χ0n) is 10.9. The topological polar surface area (TPSA) is 37.8 Å². The van der Waals surface area contributed by atoms with Gasteiger partial charge in [0.05, 0.1) is 0 Å². The van der Waals surface area contributed by atoms with E-state index in [9.17, 15) is 0 Å². The predicted octanol–water partition coefficient (Wildman–Crippen LogP) is 2.98. The molecule has 1 aliphatic rings. The summed E-state index contributed by atoms with van der Waals surface area (Å²) in [7, 11) is 0. The van der Waals surface area contributed by atoms with Crippen LogP contribution >= 0.6 is 11.3 Å². The lowest BCUT2D eigenvalue weighted by molar-refractivity contribution is 0.416. The molecule has 1 aromatic rings. The van der Waals surface area contributed by atoms with Crippen LogP contribution in [0.5, 0.6) is 0 Å². The second-order valence-electron chi connectivity index (χ2n) is 5.36. The Labute approximate surface area is 108 Å². The molecule has 0 aromatic carbocycles. The molecule has 3 nitrogen and oxygen atoms in total. The summed E-state index contributed by atoms with van der Waals surface area (Å²) < 4.78 is 0. The highest BCUT2D eigenvalue weighted by atomic mass is 32.1. The SMILES string of the molecule is CC(C)CNCCCc1nnc(C2CCC2)s1. The summed E-state index contributed by atoms with van der Waals surface area (Å²) >= 11 is 1.83. The average molecular weight is 253 g/mol. The first-order chi connectivity index (χ1) is 8.25. The molecule has 0 atom stereocenters. The van der Waals surface area contributed by atoms with E-state index in [1.165, 1.54) is 35.7 Å². The van der Waals surface area contributed by atoms with Crippen molar-refractivity contribution in [3.8, 4) is 0 Å². The van der Waals surface area contributed by atoms with Crippen molar-refractivity contribution in [2.24, 2.45) is 5.92 Å². The van der Waals surface area contributed by atoms with Gasteiger partial charge in [-0.2, -0.15) is 0 Å². The molecule has 2 rings (SSSR count). The van der Waals surface area contributed by atoms with Crippen LogP contribution in [0.15, 0.2) is 0 Å². The molecule has 1 N–H and O–H groups in total. The second-order valence-corrected chi connectivity index (χ2v) is 6.46. The molecule has 0 spiro atoms. The highest BCUT2D eigenvalue weighted by molar-refractivity contribution is 7.11. The van der Waals surface area contributed by atoms with Crippen LogP contribution in [-0.4, -0.2) is 23.3 Å². The Kier molecular flexibility index (Phi) is 4.92. The number of aryl methyl sites for hydroxylation is 1. The Hall–Kier alpha value is -0.480. The minimum atomic E-state index is 0.736. The van der Waals surface area contributed by atoms with Crippen molar-refractivity contribution in [2.45, 2.75) is 51.9 Å². The van der Waals surface area contributed by atoms with Crippen molar-refractivity contribution in [1.82, 2.24) is 15.5 Å². The van der Waals surface area contributed by atoms with E-state index in [0.29, 0.717) is 0 Å². The fraction of sp³-hybridized carbons (Fsp3) is 0.846. The van der Waals surface area contributed by atoms with E-state index >= 15 is 0 Å². The monoisotopic (exact) mass is 253 g/mol. The predicted molar refractivity (Wildman–Crippen MR) is 72.5 cm³/mol. The fourth-order valence-electron chi connectivity index (χ4n) is 1.94. The first-order valence-electron chi connectivity index (χ1n) is 6.78. The maximum atomic E-state index is 4.31. The number of aromatic nitrogens is 2. The molecule has 1 fully saturated rings. The Morgan fingerprint density at radius 3 is 2.82 bits per heavy atom. The molecule has 4 heteroatoms. The Morgan fingerprint density at radius 1 is 1.35 bits per heavy atom. The zero-order valence-corrected chi connectivity index (χ0v) is 11.7. The van der Waals surface area contributed by atoms with Crippen molar-refractivity contribution >= 4 is 11.3 Å². The summed E-state index contributed by atoms with van der Waals surface area (Å²) in [5.74, 6) is 1.47. The van der Waals surface area contributed by atoms with Crippen molar-refractivity contribution in [3.05, 3.63) is 10.0 Å². The van der Waals surface area contributed by atoms with Crippen LogP contribution in [0.3, 0.4) is 0 Å². The van der Waals surface area contributed by atoms with Gasteiger partial charge in [0.1, 0.15) is 10.0 Å². The van der Waals surface area contributed by atoms with Gasteiger partial charge in [-0.25, -0.2) is 0 Å². The number of nitrogens with one attached hydrogen (secondary N) is 1. The number of nitrogens with zero attached hydrogens (tertiary/aromatic N) is 2. The molecule has 0 amide bonds. The van der Waals surface area contributed by atoms with Crippen molar-refractivity contribution in [1.29, 1.82) is 0 Å². The molecule has 0 bridgehead atoms. The van der Waals surface area contributed by atoms with Gasteiger partial charge in [0.2, 0.25) is 0 Å². The molecule has 1 aliphatic carbocycles. The van der Waals surface area contributed by atoms with E-state index in [1.54, 1.807) is 0 Å². The molecule has 0 saturated heterocycles. The third kappa shape index (κ3) is 4.03. The van der Waals surface area contributed by atoms with Gasteiger partial charge in [0.25, 0.3) is 0 Å². The van der Waals surface area contributed by atoms with Gasteiger partial charge >= 0.3 is 0 Å². The number of rotatable bonds is 7. The standard InChI is InChI=1S/C13H23N3S/c1-10(2)9-14-8-4-7-12-15-16-13(17-12)11-5-3-6-11/h10-11,14H,3-9H2,1-2H3. The Morgan fingerprint density at radius 2 is 2.18 bits per heavy atom. The zero-order chi connectivity index (χ0) is 12.1. The van der Waals surface area contributed by atoms with E-state index in [0.717, 1.165) is 31.3 Å². The van der Waals surface area contributed by atoms with E-state index in [4.69, 9.17) is 0 Å². The molecule has 96 valence electrons. The summed E-state index contributed by atoms with van der Waals surface area (Å²) in [5, 5.41) is 14.6. The fourth-order valence-corrected chi connectivity index (χ4v) is 3.00. The molecular formula is C13H23N3S. The van der Waals surface area contributed by atoms with Crippen LogP contribution in [0.25, 0.3) is 0 Å². The van der Waals surface area contributed by atoms with E-state index < -0.39 is 0 Å². The molecule has 0 unspecified atom stereocenters. The minimum absolute atomic E-state index is 0.736. The lowest BCUT2D eigenvalue weighted by Gasteiger charge is -2.21. The summed E-state index contributed by atoms with van der Waals surface area (Å²) in [5.41, 5.74) is 0. The highest BCUT2D eigenvalue weighted by Crippen LogP contribution is 2.37. The van der Waals surface area contributed by atoms with Gasteiger partial charge in [-0.05, 0) is 38.3 Å². The maximum absolute atomic E-state index is 4.31. The molecule has 0 radical (unpaired) electrons. The van der Waals surface area contributed by atoms with Gasteiger partial charge in [-0.1, -0.05) is 20.3 Å². The number of hydrogen-bond acceptors (Lipinski definition) is 4. The molecule has 1 saturated carbocycles. The lowest BCUT2D eigenvalue weighted by Crippen LogP contribution is -2.21. The van der Waals surface area contributed by atoms with Crippen molar-refractivity contribution in [2.75, 3.05) is 13.1 Å². The quantitative estimate of drug-likeness (QED) is 0.759. The highest BCUT2D eigenvalue weighted by Gasteiger charge is 2.23. The third-order valence-electron chi connectivity index (χ3n) is 3.23. The maximum Gasteiger partial charge on any atom is 0.120 e. The van der Waals surface area contributed by atoms with Crippen LogP contribution in [0.1, 0.15) is 55.5 Å². The van der Waals surface area contributed by atoms with E-state index in [-0.39, 0.29) is 0 Å². The van der Waals surface area contributed by atoms with Crippen LogP contribution in [-0.2, 0) is 6.42 Å². The normalized spacial score (nSPS) is 16.4. The van der Waals surface area contributed by atoms with Crippen molar-refractivity contribution in [3.63, 3.8) is 0 Å². The van der Waals surface area contributed by atoms with Gasteiger partial charge < -0.3 is 5.32 Å². The third-order valence-corrected chi connectivity index (χ3v) is 4.38. The summed E-state index contributed by atoms with van der Waals surface area (Å²) in [6, 6.07) is 0. The molecule has 1 aromatic heterocycles. The molecule has 1 heterocycles. The minimum Gasteiger partial charge on any atom is -0.316 e. The Balaban J connectivity index is 1.63. The van der Waals surface area contributed by atoms with Crippen LogP contribution in [0, 0.1) is 5.92 Å². The van der Waals surface area contributed by atoms with E-state index in [1.807, 2.05) is 11.3 Å². The van der Waals surface area contributed by atoms with Crippen molar-refractivity contribution < 1.29 is 0 Å². The lowest BCUT2D eigenvalue weighted by atomic mass is 9.86. The summed E-state index contributed by atoms with van der Waals surface area (Å²) in [6.07, 6.45) is 6.27. The molecule has 17 heavy (non-hydrogen) atoms. The van der Waals surface area contributed by atoms with Crippen LogP contribution < -0.4 is 5.32 Å². The van der Waals surface area contributed by atoms with Gasteiger partial charge in [0, 0.05) is 12.3 Å². The summed E-state index contributed by atoms with van der Waals surface area (Å²) in [4.78, 5) is 0. The van der Waals surface area contributed by atoms with Gasteiger partial charge in [-0.3, -0.25) is 0 Å². The first kappa shape index (κ1) is 13.0. The Bertz CT molecular complexity index is 331. The van der Waals surface area contributed by atoms with E-state index in [2.05, 4.69) is 29.4 Å².